The van der Waals surface area contributed by atoms with E-state index in [1.807, 2.05) is 0 Å². The predicted octanol–water partition coefficient (Wildman–Crippen LogP) is 2.13. The number of carbonyl (C=O) groups excluding carboxylic acids is 2. The van der Waals surface area contributed by atoms with Crippen LogP contribution in [0.15, 0.2) is 0 Å². The summed E-state index contributed by atoms with van der Waals surface area (Å²) < 4.78 is 5.44. The van der Waals surface area contributed by atoms with Crippen molar-refractivity contribution in [3.05, 3.63) is 0 Å². The van der Waals surface area contributed by atoms with Gasteiger partial charge >= 0.3 is 0 Å². The molecule has 0 aromatic heterocycles. The smallest absolute Gasteiger partial charge is 0.266 e. The minimum Gasteiger partial charge on any atom is -0.350 e. The van der Waals surface area contributed by atoms with Crippen LogP contribution >= 0.6 is 0 Å². The molecule has 2 saturated heterocycles. The molecule has 0 aromatic rings. The standard InChI is InChI=1S/C17H28N2O4/c20-16(18-23-15-10-4-5-12-22-15)14-9-6-11-19(14)17(21)13-7-2-1-3-8-13/h13-15H,1-12H2,(H,18,20)/t14-,15-/m1/s1. The number of rotatable bonds is 4. The van der Waals surface area contributed by atoms with E-state index in [0.29, 0.717) is 13.2 Å². The Balaban J connectivity index is 1.50. The van der Waals surface area contributed by atoms with Crippen LogP contribution in [0.25, 0.3) is 0 Å². The van der Waals surface area contributed by atoms with E-state index in [4.69, 9.17) is 9.57 Å². The summed E-state index contributed by atoms with van der Waals surface area (Å²) in [5.41, 5.74) is 2.52. The summed E-state index contributed by atoms with van der Waals surface area (Å²) in [6, 6.07) is -0.381. The molecular formula is C17H28N2O4. The Kier molecular flexibility index (Phi) is 5.89. The number of amides is 2. The second-order valence-corrected chi connectivity index (χ2v) is 6.90. The van der Waals surface area contributed by atoms with E-state index in [1.54, 1.807) is 4.90 Å². The molecule has 2 heterocycles. The Morgan fingerprint density at radius 3 is 2.48 bits per heavy atom. The van der Waals surface area contributed by atoms with Gasteiger partial charge < -0.3 is 9.64 Å². The van der Waals surface area contributed by atoms with Crippen molar-refractivity contribution in [2.24, 2.45) is 5.92 Å². The lowest BCUT2D eigenvalue weighted by Crippen LogP contribution is -2.49. The van der Waals surface area contributed by atoms with E-state index >= 15 is 0 Å². The summed E-state index contributed by atoms with van der Waals surface area (Å²) in [4.78, 5) is 32.2. The molecule has 1 N–H and O–H groups in total. The van der Waals surface area contributed by atoms with Crippen LogP contribution in [-0.2, 0) is 19.2 Å². The minimum atomic E-state index is -0.381. The predicted molar refractivity (Wildman–Crippen MR) is 84.1 cm³/mol. The molecular weight excluding hydrogens is 296 g/mol. The number of hydrogen-bond donors (Lipinski definition) is 1. The lowest BCUT2D eigenvalue weighted by molar-refractivity contribution is -0.202. The maximum absolute atomic E-state index is 12.7. The average Bonchev–Trinajstić information content (AvgIpc) is 3.10. The van der Waals surface area contributed by atoms with E-state index in [9.17, 15) is 9.59 Å². The molecule has 3 rings (SSSR count). The van der Waals surface area contributed by atoms with E-state index in [1.165, 1.54) is 6.42 Å². The maximum atomic E-state index is 12.7. The van der Waals surface area contributed by atoms with Crippen molar-refractivity contribution in [1.82, 2.24) is 10.4 Å². The second-order valence-electron chi connectivity index (χ2n) is 6.90. The number of nitrogens with one attached hydrogen (secondary N) is 1. The molecule has 2 amide bonds. The van der Waals surface area contributed by atoms with Gasteiger partial charge in [-0.3, -0.25) is 9.59 Å². The molecule has 1 aliphatic carbocycles. The van der Waals surface area contributed by atoms with Gasteiger partial charge in [-0.2, -0.15) is 0 Å². The minimum absolute atomic E-state index is 0.111. The molecule has 1 saturated carbocycles. The van der Waals surface area contributed by atoms with Gasteiger partial charge in [0.05, 0.1) is 0 Å². The summed E-state index contributed by atoms with van der Waals surface area (Å²) in [5.74, 6) is 0.0665. The van der Waals surface area contributed by atoms with Gasteiger partial charge in [-0.05, 0) is 38.5 Å². The third kappa shape index (κ3) is 4.23. The van der Waals surface area contributed by atoms with Gasteiger partial charge in [-0.25, -0.2) is 10.3 Å². The van der Waals surface area contributed by atoms with Gasteiger partial charge in [0.1, 0.15) is 6.04 Å². The van der Waals surface area contributed by atoms with Crippen LogP contribution in [0.1, 0.15) is 64.2 Å². The summed E-state index contributed by atoms with van der Waals surface area (Å²) in [5, 5.41) is 0. The largest absolute Gasteiger partial charge is 0.350 e. The van der Waals surface area contributed by atoms with Crippen molar-refractivity contribution in [3.8, 4) is 0 Å². The van der Waals surface area contributed by atoms with Crippen LogP contribution in [0.4, 0.5) is 0 Å². The Hall–Kier alpha value is -1.14. The third-order valence-corrected chi connectivity index (χ3v) is 5.22. The molecule has 23 heavy (non-hydrogen) atoms. The van der Waals surface area contributed by atoms with Crippen molar-refractivity contribution in [2.45, 2.75) is 76.5 Å². The number of likely N-dealkylation sites (tertiary alicyclic amines) is 1. The van der Waals surface area contributed by atoms with Gasteiger partial charge in [-0.15, -0.1) is 0 Å². The van der Waals surface area contributed by atoms with E-state index in [0.717, 1.165) is 57.8 Å². The summed E-state index contributed by atoms with van der Waals surface area (Å²) in [6.07, 6.45) is 9.57. The second kappa shape index (κ2) is 8.11. The number of carbonyl (C=O) groups is 2. The molecule has 3 fully saturated rings. The number of hydroxylamine groups is 1. The third-order valence-electron chi connectivity index (χ3n) is 5.22. The molecule has 6 heteroatoms. The highest BCUT2D eigenvalue weighted by molar-refractivity contribution is 5.88. The zero-order valence-electron chi connectivity index (χ0n) is 13.8. The summed E-state index contributed by atoms with van der Waals surface area (Å²) in [6.45, 7) is 1.36. The fourth-order valence-corrected chi connectivity index (χ4v) is 3.88. The molecule has 6 nitrogen and oxygen atoms in total. The first kappa shape index (κ1) is 16.7. The molecule has 3 aliphatic rings. The zero-order valence-corrected chi connectivity index (χ0v) is 13.8. The van der Waals surface area contributed by atoms with Gasteiger partial charge in [0.15, 0.2) is 6.29 Å². The molecule has 0 aromatic carbocycles. The highest BCUT2D eigenvalue weighted by Gasteiger charge is 2.37. The van der Waals surface area contributed by atoms with Crippen LogP contribution in [0.2, 0.25) is 0 Å². The first-order chi connectivity index (χ1) is 11.3. The maximum Gasteiger partial charge on any atom is 0.266 e. The van der Waals surface area contributed by atoms with E-state index < -0.39 is 0 Å². The van der Waals surface area contributed by atoms with E-state index in [2.05, 4.69) is 5.48 Å². The highest BCUT2D eigenvalue weighted by atomic mass is 16.8. The highest BCUT2D eigenvalue weighted by Crippen LogP contribution is 2.28. The van der Waals surface area contributed by atoms with Gasteiger partial charge in [0.25, 0.3) is 5.91 Å². The summed E-state index contributed by atoms with van der Waals surface area (Å²) in [7, 11) is 0. The summed E-state index contributed by atoms with van der Waals surface area (Å²) >= 11 is 0. The van der Waals surface area contributed by atoms with Crippen molar-refractivity contribution in [2.75, 3.05) is 13.2 Å². The fourth-order valence-electron chi connectivity index (χ4n) is 3.88. The van der Waals surface area contributed by atoms with Gasteiger partial charge in [0, 0.05) is 25.5 Å². The first-order valence-corrected chi connectivity index (χ1v) is 9.13. The normalized spacial score (nSPS) is 29.5. The molecule has 2 atom stereocenters. The first-order valence-electron chi connectivity index (χ1n) is 9.13. The van der Waals surface area contributed by atoms with Gasteiger partial charge in [0.2, 0.25) is 5.91 Å². The lowest BCUT2D eigenvalue weighted by Gasteiger charge is -2.30. The van der Waals surface area contributed by atoms with Crippen LogP contribution < -0.4 is 5.48 Å². The van der Waals surface area contributed by atoms with Crippen LogP contribution in [0, 0.1) is 5.92 Å². The zero-order chi connectivity index (χ0) is 16.1. The van der Waals surface area contributed by atoms with Gasteiger partial charge in [-0.1, -0.05) is 19.3 Å². The molecule has 2 aliphatic heterocycles. The Bertz CT molecular complexity index is 417. The monoisotopic (exact) mass is 324 g/mol. The molecule has 0 spiro atoms. The Morgan fingerprint density at radius 2 is 1.74 bits per heavy atom. The van der Waals surface area contributed by atoms with Crippen molar-refractivity contribution < 1.29 is 19.2 Å². The Morgan fingerprint density at radius 1 is 0.957 bits per heavy atom. The molecule has 130 valence electrons. The van der Waals surface area contributed by atoms with Crippen LogP contribution in [-0.4, -0.2) is 42.2 Å². The molecule has 0 unspecified atom stereocenters. The van der Waals surface area contributed by atoms with Crippen molar-refractivity contribution in [1.29, 1.82) is 0 Å². The quantitative estimate of drug-likeness (QED) is 0.805. The Labute approximate surface area is 137 Å². The van der Waals surface area contributed by atoms with E-state index in [-0.39, 0.29) is 30.1 Å². The fraction of sp³-hybridized carbons (Fsp3) is 0.882. The molecule has 0 bridgehead atoms. The molecule has 0 radical (unpaired) electrons. The lowest BCUT2D eigenvalue weighted by atomic mass is 9.88. The SMILES string of the molecule is O=C(NO[C@@H]1CCCCO1)[C@H]1CCCN1C(=O)C1CCCCC1. The van der Waals surface area contributed by atoms with Crippen molar-refractivity contribution in [3.63, 3.8) is 0 Å². The van der Waals surface area contributed by atoms with Crippen LogP contribution in [0.5, 0.6) is 0 Å². The number of hydrogen-bond acceptors (Lipinski definition) is 4. The number of nitrogens with zero attached hydrogens (tertiary/aromatic N) is 1. The van der Waals surface area contributed by atoms with Crippen molar-refractivity contribution >= 4 is 11.8 Å². The number of ether oxygens (including phenoxy) is 1. The van der Waals surface area contributed by atoms with Crippen LogP contribution in [0.3, 0.4) is 0 Å². The topological polar surface area (TPSA) is 67.9 Å². The average molecular weight is 324 g/mol.